The SMILES string of the molecule is COc1ccc(F)cc1[C@H](Cn1c(=O)n(C(C)(C)C(=O)N2CCOCC2)c(=O)c2c(C)c(-n3cccn3)sc21)OC(C)C. The fraction of sp³-hybridized carbons (Fsp3) is 0.467. The Morgan fingerprint density at radius 2 is 1.93 bits per heavy atom. The molecule has 5 rings (SSSR count). The zero-order valence-electron chi connectivity index (χ0n) is 25.1. The predicted molar refractivity (Wildman–Crippen MR) is 161 cm³/mol. The lowest BCUT2D eigenvalue weighted by molar-refractivity contribution is -0.143. The molecule has 4 heterocycles. The molecule has 1 aliphatic rings. The second kappa shape index (κ2) is 12.1. The molecule has 1 aromatic carbocycles. The zero-order chi connectivity index (χ0) is 31.1. The van der Waals surface area contributed by atoms with Crippen LogP contribution >= 0.6 is 11.3 Å². The molecule has 1 aliphatic heterocycles. The molecular formula is C30H36FN5O6S. The fourth-order valence-corrected chi connectivity index (χ4v) is 6.76. The van der Waals surface area contributed by atoms with Gasteiger partial charge < -0.3 is 19.1 Å². The Balaban J connectivity index is 1.77. The van der Waals surface area contributed by atoms with Crippen molar-refractivity contribution in [2.75, 3.05) is 33.4 Å². The van der Waals surface area contributed by atoms with Crippen LogP contribution < -0.4 is 16.0 Å². The van der Waals surface area contributed by atoms with E-state index in [0.717, 1.165) is 4.57 Å². The summed E-state index contributed by atoms with van der Waals surface area (Å²) in [6.45, 7) is 10.0. The van der Waals surface area contributed by atoms with E-state index in [4.69, 9.17) is 14.2 Å². The van der Waals surface area contributed by atoms with E-state index in [2.05, 4.69) is 5.10 Å². The number of halogens is 1. The molecular weight excluding hydrogens is 577 g/mol. The first-order chi connectivity index (χ1) is 20.4. The van der Waals surface area contributed by atoms with Crippen molar-refractivity contribution in [1.29, 1.82) is 0 Å². The summed E-state index contributed by atoms with van der Waals surface area (Å²) in [7, 11) is 1.48. The van der Waals surface area contributed by atoms with Crippen molar-refractivity contribution in [1.82, 2.24) is 23.8 Å². The highest BCUT2D eigenvalue weighted by molar-refractivity contribution is 7.21. The molecule has 230 valence electrons. The molecule has 0 N–H and O–H groups in total. The van der Waals surface area contributed by atoms with Crippen LogP contribution in [0.25, 0.3) is 15.2 Å². The number of ether oxygens (including phenoxy) is 3. The third-order valence-corrected chi connectivity index (χ3v) is 8.91. The van der Waals surface area contributed by atoms with Gasteiger partial charge in [0.15, 0.2) is 0 Å². The van der Waals surface area contributed by atoms with E-state index in [1.807, 2.05) is 13.8 Å². The number of thiophene rings is 1. The molecule has 1 saturated heterocycles. The van der Waals surface area contributed by atoms with Crippen LogP contribution in [0.3, 0.4) is 0 Å². The topological polar surface area (TPSA) is 110 Å². The largest absolute Gasteiger partial charge is 0.496 e. The van der Waals surface area contributed by atoms with Gasteiger partial charge in [0.05, 0.1) is 38.4 Å². The molecule has 0 bridgehead atoms. The molecule has 1 atom stereocenters. The number of rotatable bonds is 9. The van der Waals surface area contributed by atoms with Crippen LogP contribution in [0.4, 0.5) is 4.39 Å². The molecule has 0 radical (unpaired) electrons. The zero-order valence-corrected chi connectivity index (χ0v) is 25.9. The van der Waals surface area contributed by atoms with Crippen LogP contribution in [0.15, 0.2) is 46.2 Å². The number of hydrogen-bond donors (Lipinski definition) is 0. The molecule has 4 aromatic rings. The minimum absolute atomic E-state index is 0.0755. The highest BCUT2D eigenvalue weighted by Gasteiger charge is 2.39. The van der Waals surface area contributed by atoms with Gasteiger partial charge in [-0.3, -0.25) is 14.2 Å². The maximum atomic E-state index is 14.5. The van der Waals surface area contributed by atoms with Gasteiger partial charge in [-0.2, -0.15) is 5.10 Å². The van der Waals surface area contributed by atoms with Crippen LogP contribution in [-0.4, -0.2) is 69.2 Å². The lowest BCUT2D eigenvalue weighted by atomic mass is 10.0. The maximum Gasteiger partial charge on any atom is 0.333 e. The number of nitrogens with zero attached hydrogens (tertiary/aromatic N) is 5. The van der Waals surface area contributed by atoms with Crippen molar-refractivity contribution in [2.45, 2.75) is 58.9 Å². The molecule has 0 spiro atoms. The number of fused-ring (bicyclic) bond motifs is 1. The first kappa shape index (κ1) is 30.6. The Morgan fingerprint density at radius 3 is 2.56 bits per heavy atom. The summed E-state index contributed by atoms with van der Waals surface area (Å²) < 4.78 is 35.8. The normalized spacial score (nSPS) is 14.9. The number of morpholine rings is 1. The Bertz CT molecular complexity index is 1750. The molecule has 11 nitrogen and oxygen atoms in total. The lowest BCUT2D eigenvalue weighted by Crippen LogP contribution is -2.58. The molecule has 0 aliphatic carbocycles. The lowest BCUT2D eigenvalue weighted by Gasteiger charge is -2.35. The number of amides is 1. The van der Waals surface area contributed by atoms with Crippen molar-refractivity contribution in [3.8, 4) is 10.8 Å². The number of carbonyl (C=O) groups excluding carboxylic acids is 1. The second-order valence-corrected chi connectivity index (χ2v) is 12.2. The number of methoxy groups -OCH3 is 1. The Kier molecular flexibility index (Phi) is 8.59. The van der Waals surface area contributed by atoms with Crippen LogP contribution in [-0.2, 0) is 26.4 Å². The van der Waals surface area contributed by atoms with Gasteiger partial charge in [-0.1, -0.05) is 11.3 Å². The molecule has 1 amide bonds. The number of carbonyl (C=O) groups is 1. The van der Waals surface area contributed by atoms with Crippen molar-refractivity contribution in [2.24, 2.45) is 0 Å². The van der Waals surface area contributed by atoms with E-state index < -0.39 is 28.7 Å². The van der Waals surface area contributed by atoms with Gasteiger partial charge >= 0.3 is 5.69 Å². The van der Waals surface area contributed by atoms with Crippen molar-refractivity contribution < 1.29 is 23.4 Å². The molecule has 3 aromatic heterocycles. The minimum atomic E-state index is -1.52. The van der Waals surface area contributed by atoms with Gasteiger partial charge in [0.1, 0.15) is 33.0 Å². The molecule has 13 heteroatoms. The quantitative estimate of drug-likeness (QED) is 0.284. The number of aryl methyl sites for hydroxylation is 1. The van der Waals surface area contributed by atoms with E-state index in [-0.39, 0.29) is 18.6 Å². The minimum Gasteiger partial charge on any atom is -0.496 e. The summed E-state index contributed by atoms with van der Waals surface area (Å²) in [6, 6.07) is 5.89. The van der Waals surface area contributed by atoms with Crippen LogP contribution in [0, 0.1) is 12.7 Å². The monoisotopic (exact) mass is 613 g/mol. The molecule has 0 unspecified atom stereocenters. The Morgan fingerprint density at radius 1 is 1.21 bits per heavy atom. The van der Waals surface area contributed by atoms with Gasteiger partial charge in [-0.15, -0.1) is 0 Å². The van der Waals surface area contributed by atoms with E-state index in [0.29, 0.717) is 58.4 Å². The van der Waals surface area contributed by atoms with Gasteiger partial charge in [-0.25, -0.2) is 18.4 Å². The predicted octanol–water partition coefficient (Wildman–Crippen LogP) is 3.63. The van der Waals surface area contributed by atoms with Gasteiger partial charge in [0.2, 0.25) is 5.91 Å². The average molecular weight is 614 g/mol. The summed E-state index contributed by atoms with van der Waals surface area (Å²) in [6.07, 6.45) is 2.26. The van der Waals surface area contributed by atoms with Crippen LogP contribution in [0.1, 0.15) is 44.9 Å². The first-order valence-corrected chi connectivity index (χ1v) is 14.9. The highest BCUT2D eigenvalue weighted by atomic mass is 32.1. The van der Waals surface area contributed by atoms with Gasteiger partial charge in [-0.05, 0) is 58.9 Å². The van der Waals surface area contributed by atoms with Gasteiger partial charge in [0.25, 0.3) is 5.56 Å². The number of aromatic nitrogens is 4. The Hall–Kier alpha value is -3.81. The van der Waals surface area contributed by atoms with Crippen LogP contribution in [0.2, 0.25) is 0 Å². The molecule has 0 saturated carbocycles. The summed E-state index contributed by atoms with van der Waals surface area (Å²) in [5.74, 6) is -0.448. The summed E-state index contributed by atoms with van der Waals surface area (Å²) in [4.78, 5) is 44.6. The summed E-state index contributed by atoms with van der Waals surface area (Å²) >= 11 is 1.24. The third kappa shape index (κ3) is 5.64. The van der Waals surface area contributed by atoms with E-state index in [1.54, 1.807) is 48.8 Å². The van der Waals surface area contributed by atoms with Crippen LogP contribution in [0.5, 0.6) is 5.75 Å². The highest BCUT2D eigenvalue weighted by Crippen LogP contribution is 2.35. The fourth-order valence-electron chi connectivity index (χ4n) is 5.51. The van der Waals surface area contributed by atoms with E-state index in [9.17, 15) is 18.8 Å². The van der Waals surface area contributed by atoms with Gasteiger partial charge in [0, 0.05) is 36.6 Å². The third-order valence-electron chi connectivity index (χ3n) is 7.60. The summed E-state index contributed by atoms with van der Waals surface area (Å²) in [5.41, 5.74) is -1.73. The molecule has 43 heavy (non-hydrogen) atoms. The second-order valence-electron chi connectivity index (χ2n) is 11.2. The first-order valence-electron chi connectivity index (χ1n) is 14.1. The standard InChI is InChI=1S/C30H36FN5O6S/c1-18(2)42-23(21-16-20(31)8-9-22(21)40-6)17-34-27-24(19(3)26(43-27)35-11-7-10-32-35)25(37)36(29(34)39)30(4,5)28(38)33-12-14-41-15-13-33/h7-11,16,18,23H,12-15,17H2,1-6H3/t23-/m0/s1. The molecule has 1 fully saturated rings. The number of hydrogen-bond acceptors (Lipinski definition) is 8. The maximum absolute atomic E-state index is 14.5. The van der Waals surface area contributed by atoms with Crippen molar-refractivity contribution >= 4 is 27.5 Å². The smallest absolute Gasteiger partial charge is 0.333 e. The Labute approximate surface area is 252 Å². The van der Waals surface area contributed by atoms with Crippen molar-refractivity contribution in [3.63, 3.8) is 0 Å². The number of benzene rings is 1. The van der Waals surface area contributed by atoms with E-state index >= 15 is 0 Å². The average Bonchev–Trinajstić information content (AvgIpc) is 3.62. The van der Waals surface area contributed by atoms with Crippen molar-refractivity contribution in [3.05, 3.63) is 74.4 Å². The summed E-state index contributed by atoms with van der Waals surface area (Å²) in [5, 5.41) is 5.30. The van der Waals surface area contributed by atoms with E-state index in [1.165, 1.54) is 41.2 Å².